The Balaban J connectivity index is 1.46. The van der Waals surface area contributed by atoms with E-state index in [1.54, 1.807) is 0 Å². The van der Waals surface area contributed by atoms with Crippen molar-refractivity contribution in [2.75, 3.05) is 30.5 Å². The van der Waals surface area contributed by atoms with Crippen molar-refractivity contribution in [3.8, 4) is 11.5 Å². The van der Waals surface area contributed by atoms with E-state index in [9.17, 15) is 0 Å². The molecule has 5 rings (SSSR count). The van der Waals surface area contributed by atoms with E-state index in [-0.39, 0.29) is 0 Å². The molecular formula is C22H18N4O2S. The second-order valence-electron chi connectivity index (χ2n) is 6.74. The van der Waals surface area contributed by atoms with Gasteiger partial charge in [-0.25, -0.2) is 9.97 Å². The van der Waals surface area contributed by atoms with E-state index in [2.05, 4.69) is 5.32 Å². The summed E-state index contributed by atoms with van der Waals surface area (Å²) in [7, 11) is 1.93. The molecule has 1 aliphatic heterocycles. The lowest BCUT2D eigenvalue weighted by atomic mass is 10.2. The molecule has 3 aromatic carbocycles. The van der Waals surface area contributed by atoms with Crippen LogP contribution in [0.25, 0.3) is 22.1 Å². The largest absolute Gasteiger partial charge is 0.486 e. The van der Waals surface area contributed by atoms with Crippen LogP contribution in [0.15, 0.2) is 60.7 Å². The van der Waals surface area contributed by atoms with E-state index in [0.29, 0.717) is 29.8 Å². The van der Waals surface area contributed by atoms with Gasteiger partial charge >= 0.3 is 0 Å². The average Bonchev–Trinajstić information content (AvgIpc) is 2.76. The molecule has 0 amide bonds. The zero-order valence-electron chi connectivity index (χ0n) is 15.8. The lowest BCUT2D eigenvalue weighted by Crippen LogP contribution is -2.30. The molecule has 6 nitrogen and oxygen atoms in total. The molecule has 1 aliphatic rings. The van der Waals surface area contributed by atoms with Gasteiger partial charge in [-0.1, -0.05) is 18.2 Å². The molecule has 1 N–H and O–H groups in total. The van der Waals surface area contributed by atoms with E-state index in [1.807, 2.05) is 72.6 Å². The summed E-state index contributed by atoms with van der Waals surface area (Å²) in [5.41, 5.74) is 5.01. The lowest BCUT2D eigenvalue weighted by molar-refractivity contribution is 0.172. The van der Waals surface area contributed by atoms with Crippen molar-refractivity contribution in [3.05, 3.63) is 60.7 Å². The van der Waals surface area contributed by atoms with Crippen LogP contribution in [-0.4, -0.2) is 35.3 Å². The highest BCUT2D eigenvalue weighted by Gasteiger charge is 2.15. The van der Waals surface area contributed by atoms with Crippen LogP contribution in [0, 0.1) is 0 Å². The molecule has 2 heterocycles. The number of hydrogen-bond donors (Lipinski definition) is 1. The van der Waals surface area contributed by atoms with E-state index < -0.39 is 0 Å². The first-order valence-electron chi connectivity index (χ1n) is 9.28. The summed E-state index contributed by atoms with van der Waals surface area (Å²) in [5.74, 6) is 1.42. The van der Waals surface area contributed by atoms with Crippen LogP contribution >= 0.6 is 12.2 Å². The molecule has 0 saturated heterocycles. The molecule has 0 atom stereocenters. The molecule has 0 saturated carbocycles. The Morgan fingerprint density at radius 1 is 0.862 bits per heavy atom. The molecule has 0 spiro atoms. The van der Waals surface area contributed by atoms with Gasteiger partial charge in [-0.2, -0.15) is 0 Å². The van der Waals surface area contributed by atoms with Crippen molar-refractivity contribution < 1.29 is 9.47 Å². The van der Waals surface area contributed by atoms with E-state index in [0.717, 1.165) is 33.4 Å². The molecule has 0 aliphatic carbocycles. The Bertz CT molecular complexity index is 1230. The number of nitrogens with one attached hydrogen (secondary N) is 1. The van der Waals surface area contributed by atoms with E-state index >= 15 is 0 Å². The minimum absolute atomic E-state index is 0.542. The maximum Gasteiger partial charge on any atom is 0.177 e. The smallest absolute Gasteiger partial charge is 0.177 e. The first-order valence-corrected chi connectivity index (χ1v) is 9.69. The van der Waals surface area contributed by atoms with Crippen molar-refractivity contribution in [3.63, 3.8) is 0 Å². The van der Waals surface area contributed by atoms with Crippen LogP contribution < -0.4 is 19.7 Å². The van der Waals surface area contributed by atoms with Crippen LogP contribution in [0.1, 0.15) is 0 Å². The van der Waals surface area contributed by atoms with Crippen molar-refractivity contribution in [1.82, 2.24) is 9.97 Å². The minimum Gasteiger partial charge on any atom is -0.486 e. The Labute approximate surface area is 173 Å². The third-order valence-electron chi connectivity index (χ3n) is 4.80. The van der Waals surface area contributed by atoms with Gasteiger partial charge < -0.3 is 19.7 Å². The molecule has 0 radical (unpaired) electrons. The molecular weight excluding hydrogens is 384 g/mol. The molecule has 0 bridgehead atoms. The minimum atomic E-state index is 0.542. The van der Waals surface area contributed by atoms with Crippen molar-refractivity contribution >= 4 is 50.8 Å². The third-order valence-corrected chi connectivity index (χ3v) is 5.17. The summed E-state index contributed by atoms with van der Waals surface area (Å²) in [6.07, 6.45) is 0. The van der Waals surface area contributed by atoms with Gasteiger partial charge in [-0.05, 0) is 42.5 Å². The van der Waals surface area contributed by atoms with Gasteiger partial charge in [0.25, 0.3) is 0 Å². The van der Waals surface area contributed by atoms with Crippen LogP contribution in [-0.2, 0) is 0 Å². The summed E-state index contributed by atoms with van der Waals surface area (Å²) in [6.45, 7) is 1.09. The number of rotatable bonds is 2. The molecule has 29 heavy (non-hydrogen) atoms. The summed E-state index contributed by atoms with van der Waals surface area (Å²) in [5, 5.41) is 3.88. The van der Waals surface area contributed by atoms with Crippen molar-refractivity contribution in [1.29, 1.82) is 0 Å². The monoisotopic (exact) mass is 402 g/mol. The van der Waals surface area contributed by atoms with Gasteiger partial charge in [0.2, 0.25) is 0 Å². The Morgan fingerprint density at radius 2 is 1.48 bits per heavy atom. The summed E-state index contributed by atoms with van der Waals surface area (Å²) < 4.78 is 11.3. The highest BCUT2D eigenvalue weighted by molar-refractivity contribution is 7.80. The van der Waals surface area contributed by atoms with Crippen LogP contribution in [0.3, 0.4) is 0 Å². The fourth-order valence-corrected chi connectivity index (χ4v) is 3.49. The van der Waals surface area contributed by atoms with Gasteiger partial charge in [-0.15, -0.1) is 0 Å². The number of aromatic nitrogens is 2. The number of ether oxygens (including phenoxy) is 2. The van der Waals surface area contributed by atoms with E-state index in [4.69, 9.17) is 31.7 Å². The van der Waals surface area contributed by atoms with Gasteiger partial charge in [0.15, 0.2) is 16.6 Å². The predicted molar refractivity (Wildman–Crippen MR) is 119 cm³/mol. The zero-order chi connectivity index (χ0) is 19.8. The standard InChI is InChI=1S/C22H18N4O2S/c1-26(15-5-3-2-4-6-15)22(29)23-14-7-8-16-17(11-14)25-19-13-21-20(12-18(19)24-16)27-9-10-28-21/h2-8,11-13H,9-10H2,1H3,(H,23,29). The van der Waals surface area contributed by atoms with Crippen LogP contribution in [0.2, 0.25) is 0 Å². The van der Waals surface area contributed by atoms with Crippen molar-refractivity contribution in [2.24, 2.45) is 0 Å². The van der Waals surface area contributed by atoms with Gasteiger partial charge in [-0.3, -0.25) is 0 Å². The third kappa shape index (κ3) is 3.40. The normalized spacial score (nSPS) is 12.7. The Kier molecular flexibility index (Phi) is 4.37. The predicted octanol–water partition coefficient (Wildman–Crippen LogP) is 4.39. The quantitative estimate of drug-likeness (QED) is 0.394. The maximum atomic E-state index is 5.66. The SMILES string of the molecule is CN(C(=S)Nc1ccc2nc3cc4c(cc3nc2c1)OCCO4)c1ccccc1. The Hall–Kier alpha value is -3.45. The van der Waals surface area contributed by atoms with Gasteiger partial charge in [0.05, 0.1) is 22.1 Å². The van der Waals surface area contributed by atoms with Crippen LogP contribution in [0.4, 0.5) is 11.4 Å². The molecule has 0 fully saturated rings. The first kappa shape index (κ1) is 17.6. The molecule has 144 valence electrons. The highest BCUT2D eigenvalue weighted by atomic mass is 32.1. The van der Waals surface area contributed by atoms with Crippen molar-refractivity contribution in [2.45, 2.75) is 0 Å². The second-order valence-corrected chi connectivity index (χ2v) is 7.12. The van der Waals surface area contributed by atoms with Crippen LogP contribution in [0.5, 0.6) is 11.5 Å². The first-order chi connectivity index (χ1) is 14.2. The fraction of sp³-hybridized carbons (Fsp3) is 0.136. The van der Waals surface area contributed by atoms with Gasteiger partial charge in [0.1, 0.15) is 13.2 Å². The number of benzene rings is 3. The topological polar surface area (TPSA) is 59.5 Å². The number of nitrogens with zero attached hydrogens (tertiary/aromatic N) is 3. The maximum absolute atomic E-state index is 5.66. The fourth-order valence-electron chi connectivity index (χ4n) is 3.27. The van der Waals surface area contributed by atoms with Gasteiger partial charge in [0, 0.05) is 30.6 Å². The molecule has 0 unspecified atom stereocenters. The average molecular weight is 402 g/mol. The summed E-state index contributed by atoms with van der Waals surface area (Å²) >= 11 is 5.56. The number of anilines is 2. The number of fused-ring (bicyclic) bond motifs is 3. The molecule has 4 aromatic rings. The second kappa shape index (κ2) is 7.18. The summed E-state index contributed by atoms with van der Waals surface area (Å²) in [4.78, 5) is 11.4. The Morgan fingerprint density at radius 3 is 2.17 bits per heavy atom. The molecule has 7 heteroatoms. The van der Waals surface area contributed by atoms with E-state index in [1.165, 1.54) is 0 Å². The molecule has 1 aromatic heterocycles. The zero-order valence-corrected chi connectivity index (χ0v) is 16.6. The highest BCUT2D eigenvalue weighted by Crippen LogP contribution is 2.34. The number of thiocarbonyl (C=S) groups is 1. The number of para-hydroxylation sites is 1. The summed E-state index contributed by atoms with van der Waals surface area (Å²) in [6, 6.07) is 19.6. The number of hydrogen-bond acceptors (Lipinski definition) is 5. The lowest BCUT2D eigenvalue weighted by Gasteiger charge is -2.21.